The third-order valence-electron chi connectivity index (χ3n) is 4.09. The molecule has 3 aromatic rings. The van der Waals surface area contributed by atoms with Crippen LogP contribution in [0.15, 0.2) is 42.6 Å². The monoisotopic (exact) mass is 323 g/mol. The molecule has 0 spiro atoms. The third kappa shape index (κ3) is 3.03. The number of aliphatic hydroxyl groups is 1. The van der Waals surface area contributed by atoms with E-state index in [-0.39, 0.29) is 18.9 Å². The Labute approximate surface area is 141 Å². The summed E-state index contributed by atoms with van der Waals surface area (Å²) in [5.41, 5.74) is 5.41. The Morgan fingerprint density at radius 3 is 2.50 bits per heavy atom. The summed E-state index contributed by atoms with van der Waals surface area (Å²) in [5.74, 6) is 0.0338. The SMILES string of the molecule is Cc1ccc2nc(-c3ccc(CO)cc3)c(CC(=O)N(C)C)n2c1. The summed E-state index contributed by atoms with van der Waals surface area (Å²) in [7, 11) is 3.51. The normalized spacial score (nSPS) is 11.0. The number of hydrogen-bond acceptors (Lipinski definition) is 3. The fourth-order valence-corrected chi connectivity index (χ4v) is 2.67. The number of fused-ring (bicyclic) bond motifs is 1. The molecule has 0 radical (unpaired) electrons. The minimum absolute atomic E-state index is 0.0105. The van der Waals surface area contributed by atoms with Crippen molar-refractivity contribution in [2.45, 2.75) is 20.0 Å². The lowest BCUT2D eigenvalue weighted by atomic mass is 10.1. The van der Waals surface area contributed by atoms with Crippen LogP contribution in [0.3, 0.4) is 0 Å². The number of aromatic nitrogens is 2. The second-order valence-corrected chi connectivity index (χ2v) is 6.16. The standard InChI is InChI=1S/C19H21N3O2/c1-13-4-9-17-20-19(15-7-5-14(12-23)6-8-15)16(22(17)11-13)10-18(24)21(2)3/h4-9,11,23H,10,12H2,1-3H3. The van der Waals surface area contributed by atoms with E-state index in [1.807, 2.05) is 53.9 Å². The van der Waals surface area contributed by atoms with Crippen LogP contribution in [0.1, 0.15) is 16.8 Å². The zero-order valence-electron chi connectivity index (χ0n) is 14.2. The largest absolute Gasteiger partial charge is 0.392 e. The first-order chi connectivity index (χ1) is 11.5. The van der Waals surface area contributed by atoms with Crippen LogP contribution in [0, 0.1) is 6.92 Å². The van der Waals surface area contributed by atoms with E-state index in [1.54, 1.807) is 19.0 Å². The first-order valence-electron chi connectivity index (χ1n) is 7.87. The number of amides is 1. The van der Waals surface area contributed by atoms with Crippen LogP contribution >= 0.6 is 0 Å². The zero-order chi connectivity index (χ0) is 17.3. The minimum Gasteiger partial charge on any atom is -0.392 e. The summed E-state index contributed by atoms with van der Waals surface area (Å²) < 4.78 is 1.99. The van der Waals surface area contributed by atoms with Gasteiger partial charge in [0.15, 0.2) is 0 Å². The number of imidazole rings is 1. The predicted molar refractivity (Wildman–Crippen MR) is 93.7 cm³/mol. The van der Waals surface area contributed by atoms with Crippen molar-refractivity contribution >= 4 is 11.6 Å². The first-order valence-corrected chi connectivity index (χ1v) is 7.87. The molecular formula is C19H21N3O2. The lowest BCUT2D eigenvalue weighted by Gasteiger charge is -2.11. The molecule has 0 aliphatic rings. The Hall–Kier alpha value is -2.66. The summed E-state index contributed by atoms with van der Waals surface area (Å²) in [6.45, 7) is 2.03. The molecule has 0 aliphatic carbocycles. The molecule has 24 heavy (non-hydrogen) atoms. The van der Waals surface area contributed by atoms with E-state index < -0.39 is 0 Å². The Morgan fingerprint density at radius 1 is 1.17 bits per heavy atom. The van der Waals surface area contributed by atoms with Gasteiger partial charge in [0.2, 0.25) is 5.91 Å². The molecule has 5 heteroatoms. The minimum atomic E-state index is 0.0105. The maximum Gasteiger partial charge on any atom is 0.228 e. The van der Waals surface area contributed by atoms with E-state index in [4.69, 9.17) is 4.98 Å². The molecule has 0 unspecified atom stereocenters. The lowest BCUT2D eigenvalue weighted by Crippen LogP contribution is -2.24. The van der Waals surface area contributed by atoms with Crippen molar-refractivity contribution < 1.29 is 9.90 Å². The van der Waals surface area contributed by atoms with Gasteiger partial charge in [-0.1, -0.05) is 30.3 Å². The van der Waals surface area contributed by atoms with E-state index in [0.717, 1.165) is 33.7 Å². The highest BCUT2D eigenvalue weighted by Gasteiger charge is 2.18. The van der Waals surface area contributed by atoms with Crippen LogP contribution in [-0.4, -0.2) is 39.4 Å². The predicted octanol–water partition coefficient (Wildman–Crippen LogP) is 2.43. The summed E-state index contributed by atoms with van der Waals surface area (Å²) in [6.07, 6.45) is 2.29. The van der Waals surface area contributed by atoms with Crippen LogP contribution in [-0.2, 0) is 17.8 Å². The third-order valence-corrected chi connectivity index (χ3v) is 4.09. The topological polar surface area (TPSA) is 57.8 Å². The molecule has 5 nitrogen and oxygen atoms in total. The number of hydrogen-bond donors (Lipinski definition) is 1. The van der Waals surface area contributed by atoms with Gasteiger partial charge in [-0.15, -0.1) is 0 Å². The molecule has 3 rings (SSSR count). The van der Waals surface area contributed by atoms with Gasteiger partial charge < -0.3 is 14.4 Å². The van der Waals surface area contributed by atoms with Gasteiger partial charge in [-0.25, -0.2) is 4.98 Å². The van der Waals surface area contributed by atoms with Crippen LogP contribution in [0.5, 0.6) is 0 Å². The van der Waals surface area contributed by atoms with Gasteiger partial charge in [0.25, 0.3) is 0 Å². The first kappa shape index (κ1) is 16.2. The number of aliphatic hydroxyl groups excluding tert-OH is 1. The van der Waals surface area contributed by atoms with Crippen molar-refractivity contribution in [3.8, 4) is 11.3 Å². The summed E-state index contributed by atoms with van der Waals surface area (Å²) >= 11 is 0. The molecule has 0 atom stereocenters. The number of rotatable bonds is 4. The fraction of sp³-hybridized carbons (Fsp3) is 0.263. The van der Waals surface area contributed by atoms with Crippen molar-refractivity contribution in [3.05, 3.63) is 59.4 Å². The second-order valence-electron chi connectivity index (χ2n) is 6.16. The van der Waals surface area contributed by atoms with Crippen molar-refractivity contribution in [1.29, 1.82) is 0 Å². The van der Waals surface area contributed by atoms with E-state index in [1.165, 1.54) is 0 Å². The average Bonchev–Trinajstić information content (AvgIpc) is 2.92. The molecule has 1 amide bonds. The van der Waals surface area contributed by atoms with Gasteiger partial charge in [0.05, 0.1) is 24.4 Å². The van der Waals surface area contributed by atoms with Crippen molar-refractivity contribution in [2.75, 3.05) is 14.1 Å². The summed E-state index contributed by atoms with van der Waals surface area (Å²) in [6, 6.07) is 11.6. The van der Waals surface area contributed by atoms with Gasteiger partial charge in [-0.05, 0) is 24.1 Å². The van der Waals surface area contributed by atoms with Gasteiger partial charge in [-0.2, -0.15) is 0 Å². The maximum atomic E-state index is 12.3. The smallest absolute Gasteiger partial charge is 0.228 e. The highest BCUT2D eigenvalue weighted by molar-refractivity contribution is 5.81. The van der Waals surface area contributed by atoms with Crippen molar-refractivity contribution in [3.63, 3.8) is 0 Å². The van der Waals surface area contributed by atoms with Crippen LogP contribution < -0.4 is 0 Å². The maximum absolute atomic E-state index is 12.3. The molecule has 0 fully saturated rings. The molecule has 2 aromatic heterocycles. The molecule has 0 aliphatic heterocycles. The van der Waals surface area contributed by atoms with E-state index in [9.17, 15) is 9.90 Å². The van der Waals surface area contributed by atoms with Crippen LogP contribution in [0.2, 0.25) is 0 Å². The molecule has 1 N–H and O–H groups in total. The van der Waals surface area contributed by atoms with Crippen LogP contribution in [0.4, 0.5) is 0 Å². The number of benzene rings is 1. The van der Waals surface area contributed by atoms with Crippen LogP contribution in [0.25, 0.3) is 16.9 Å². The molecular weight excluding hydrogens is 302 g/mol. The Kier molecular flexibility index (Phi) is 4.36. The van der Waals surface area contributed by atoms with E-state index >= 15 is 0 Å². The summed E-state index contributed by atoms with van der Waals surface area (Å²) in [5, 5.41) is 9.21. The van der Waals surface area contributed by atoms with Gasteiger partial charge >= 0.3 is 0 Å². The summed E-state index contributed by atoms with van der Waals surface area (Å²) in [4.78, 5) is 18.6. The Bertz CT molecular complexity index is 880. The van der Waals surface area contributed by atoms with Gasteiger partial charge in [0, 0.05) is 25.9 Å². The molecule has 0 saturated carbocycles. The number of nitrogens with zero attached hydrogens (tertiary/aromatic N) is 3. The van der Waals surface area contributed by atoms with Crippen molar-refractivity contribution in [1.82, 2.24) is 14.3 Å². The van der Waals surface area contributed by atoms with Crippen molar-refractivity contribution in [2.24, 2.45) is 0 Å². The molecule has 0 saturated heterocycles. The van der Waals surface area contributed by atoms with E-state index in [2.05, 4.69) is 0 Å². The highest BCUT2D eigenvalue weighted by Crippen LogP contribution is 2.26. The zero-order valence-corrected chi connectivity index (χ0v) is 14.2. The molecule has 0 bridgehead atoms. The molecule has 2 heterocycles. The Morgan fingerprint density at radius 2 is 1.88 bits per heavy atom. The number of carbonyl (C=O) groups is 1. The second kappa shape index (κ2) is 6.45. The number of likely N-dealkylation sites (N-methyl/N-ethyl adjacent to an activating group) is 1. The number of pyridine rings is 1. The quantitative estimate of drug-likeness (QED) is 0.802. The van der Waals surface area contributed by atoms with Gasteiger partial charge in [0.1, 0.15) is 5.65 Å². The number of aryl methyl sites for hydroxylation is 1. The molecule has 124 valence electrons. The molecule has 1 aromatic carbocycles. The van der Waals surface area contributed by atoms with E-state index in [0.29, 0.717) is 0 Å². The number of carbonyl (C=O) groups excluding carboxylic acids is 1. The fourth-order valence-electron chi connectivity index (χ4n) is 2.67. The Balaban J connectivity index is 2.16. The lowest BCUT2D eigenvalue weighted by molar-refractivity contribution is -0.128. The average molecular weight is 323 g/mol. The van der Waals surface area contributed by atoms with Gasteiger partial charge in [-0.3, -0.25) is 4.79 Å². The highest BCUT2D eigenvalue weighted by atomic mass is 16.3.